The van der Waals surface area contributed by atoms with Crippen molar-refractivity contribution in [3.63, 3.8) is 0 Å². The normalized spacial score (nSPS) is 32.8. The van der Waals surface area contributed by atoms with Gasteiger partial charge in [0.25, 0.3) is 0 Å². The van der Waals surface area contributed by atoms with Crippen molar-refractivity contribution in [2.45, 2.75) is 44.6 Å². The van der Waals surface area contributed by atoms with Crippen LogP contribution in [0, 0.1) is 11.8 Å². The van der Waals surface area contributed by atoms with E-state index in [4.69, 9.17) is 4.99 Å². The smallest absolute Gasteiger partial charge is 0.0720 e. The first-order valence-electron chi connectivity index (χ1n) is 9.71. The molecule has 25 heavy (non-hydrogen) atoms. The Balaban J connectivity index is 1.35. The van der Waals surface area contributed by atoms with Crippen molar-refractivity contribution in [2.75, 3.05) is 0 Å². The number of nitrogens with zero attached hydrogens (tertiary/aromatic N) is 1. The largest absolute Gasteiger partial charge is 0.282 e. The number of rotatable bonds is 3. The fourth-order valence-corrected chi connectivity index (χ4v) is 4.04. The molecule has 1 nitrogen and oxygen atoms in total. The lowest BCUT2D eigenvalue weighted by Gasteiger charge is -2.22. The summed E-state index contributed by atoms with van der Waals surface area (Å²) in [5.74, 6) is 1.15. The van der Waals surface area contributed by atoms with Crippen molar-refractivity contribution in [1.29, 1.82) is 0 Å². The highest BCUT2D eigenvalue weighted by Gasteiger charge is 2.18. The van der Waals surface area contributed by atoms with Crippen molar-refractivity contribution < 1.29 is 0 Å². The molecule has 0 bridgehead atoms. The van der Waals surface area contributed by atoms with Gasteiger partial charge < -0.3 is 0 Å². The minimum absolute atomic E-state index is 0.317. The maximum atomic E-state index is 4.98. The quantitative estimate of drug-likeness (QED) is 0.597. The Labute approximate surface area is 151 Å². The van der Waals surface area contributed by atoms with E-state index in [0.29, 0.717) is 17.9 Å². The van der Waals surface area contributed by atoms with Crippen molar-refractivity contribution in [3.8, 4) is 0 Å². The lowest BCUT2D eigenvalue weighted by Crippen LogP contribution is -2.14. The van der Waals surface area contributed by atoms with Crippen LogP contribution in [-0.4, -0.2) is 11.8 Å². The Morgan fingerprint density at radius 1 is 0.760 bits per heavy atom. The van der Waals surface area contributed by atoms with E-state index in [1.54, 1.807) is 0 Å². The highest BCUT2D eigenvalue weighted by molar-refractivity contribution is 5.96. The molecule has 4 aliphatic rings. The zero-order valence-electron chi connectivity index (χ0n) is 14.9. The van der Waals surface area contributed by atoms with E-state index in [-0.39, 0.29) is 0 Å². The zero-order chi connectivity index (χ0) is 16.9. The van der Waals surface area contributed by atoms with Crippen LogP contribution in [0.1, 0.15) is 38.5 Å². The van der Waals surface area contributed by atoms with Crippen LogP contribution in [0.3, 0.4) is 0 Å². The van der Waals surface area contributed by atoms with Gasteiger partial charge in [-0.1, -0.05) is 66.8 Å². The first-order valence-corrected chi connectivity index (χ1v) is 9.71. The minimum Gasteiger partial charge on any atom is -0.282 e. The molecule has 3 unspecified atom stereocenters. The SMILES string of the molecule is C1=CCC(C2=CCC(N=C3C=CC(C4=CCCC=C4)CC3)C=C2)C=C1. The second kappa shape index (κ2) is 7.82. The molecule has 4 aliphatic carbocycles. The monoisotopic (exact) mass is 329 g/mol. The molecule has 0 aromatic rings. The number of aliphatic imine (C=N–C) groups is 1. The van der Waals surface area contributed by atoms with E-state index in [1.165, 1.54) is 36.1 Å². The molecule has 0 spiro atoms. The van der Waals surface area contributed by atoms with E-state index in [9.17, 15) is 0 Å². The standard InChI is InChI=1S/C24H27N/c1-3-7-19(8-4-1)21-11-15-23(16-12-21)25-24-17-13-22(14-18-24)20-9-5-2-6-10-20/h1,3-5,7,9-13,15,17,19,22-23H,2,6,8,14,16,18H2. The molecule has 0 saturated heterocycles. The van der Waals surface area contributed by atoms with Gasteiger partial charge in [-0.2, -0.15) is 0 Å². The van der Waals surface area contributed by atoms with Crippen LogP contribution >= 0.6 is 0 Å². The molecular weight excluding hydrogens is 302 g/mol. The Hall–Kier alpha value is -2.15. The fraction of sp³-hybridized carbons (Fsp3) is 0.375. The third kappa shape index (κ3) is 4.10. The van der Waals surface area contributed by atoms with Crippen LogP contribution in [0.2, 0.25) is 0 Å². The predicted octanol–water partition coefficient (Wildman–Crippen LogP) is 6.06. The lowest BCUT2D eigenvalue weighted by molar-refractivity contribution is 0.685. The Morgan fingerprint density at radius 3 is 2.40 bits per heavy atom. The van der Waals surface area contributed by atoms with Crippen LogP contribution in [0.5, 0.6) is 0 Å². The van der Waals surface area contributed by atoms with Gasteiger partial charge in [0.2, 0.25) is 0 Å². The van der Waals surface area contributed by atoms with Crippen molar-refractivity contribution in [2.24, 2.45) is 16.8 Å². The summed E-state index contributed by atoms with van der Waals surface area (Å²) in [4.78, 5) is 4.98. The molecule has 0 N–H and O–H groups in total. The van der Waals surface area contributed by atoms with E-state index in [1.807, 2.05) is 0 Å². The average Bonchev–Trinajstić information content (AvgIpc) is 2.71. The summed E-state index contributed by atoms with van der Waals surface area (Å²) < 4.78 is 0. The zero-order valence-corrected chi connectivity index (χ0v) is 14.9. The molecule has 0 amide bonds. The molecular formula is C24H27N. The molecule has 0 aromatic heterocycles. The van der Waals surface area contributed by atoms with Crippen LogP contribution in [0.15, 0.2) is 89.1 Å². The summed E-state index contributed by atoms with van der Waals surface area (Å²) in [6.45, 7) is 0. The van der Waals surface area contributed by atoms with Crippen molar-refractivity contribution in [1.82, 2.24) is 0 Å². The van der Waals surface area contributed by atoms with Crippen LogP contribution in [0.4, 0.5) is 0 Å². The van der Waals surface area contributed by atoms with Crippen LogP contribution in [0.25, 0.3) is 0 Å². The lowest BCUT2D eigenvalue weighted by atomic mass is 9.85. The molecule has 0 fully saturated rings. The summed E-state index contributed by atoms with van der Waals surface area (Å²) in [7, 11) is 0. The highest BCUT2D eigenvalue weighted by atomic mass is 14.8. The first kappa shape index (κ1) is 16.3. The Bertz CT molecular complexity index is 736. The molecule has 3 atom stereocenters. The fourth-order valence-electron chi connectivity index (χ4n) is 4.04. The van der Waals surface area contributed by atoms with Gasteiger partial charge in [-0.15, -0.1) is 0 Å². The molecule has 0 saturated carbocycles. The van der Waals surface area contributed by atoms with Crippen molar-refractivity contribution in [3.05, 3.63) is 84.1 Å². The van der Waals surface area contributed by atoms with Crippen molar-refractivity contribution >= 4 is 5.71 Å². The first-order chi connectivity index (χ1) is 12.4. The highest BCUT2D eigenvalue weighted by Crippen LogP contribution is 2.29. The molecule has 0 radical (unpaired) electrons. The number of hydrogen-bond donors (Lipinski definition) is 0. The topological polar surface area (TPSA) is 12.4 Å². The maximum Gasteiger partial charge on any atom is 0.0720 e. The molecule has 128 valence electrons. The predicted molar refractivity (Wildman–Crippen MR) is 108 cm³/mol. The summed E-state index contributed by atoms with van der Waals surface area (Å²) in [6, 6.07) is 0.317. The second-order valence-electron chi connectivity index (χ2n) is 7.33. The summed E-state index contributed by atoms with van der Waals surface area (Å²) in [5.41, 5.74) is 4.22. The van der Waals surface area contributed by atoms with Gasteiger partial charge in [-0.25, -0.2) is 0 Å². The van der Waals surface area contributed by atoms with Crippen LogP contribution < -0.4 is 0 Å². The van der Waals surface area contributed by atoms with Crippen LogP contribution in [-0.2, 0) is 0 Å². The van der Waals surface area contributed by atoms with E-state index >= 15 is 0 Å². The summed E-state index contributed by atoms with van der Waals surface area (Å²) in [5, 5.41) is 0. The number of hydrogen-bond acceptors (Lipinski definition) is 1. The van der Waals surface area contributed by atoms with Gasteiger partial charge in [0.1, 0.15) is 0 Å². The third-order valence-corrected chi connectivity index (χ3v) is 5.53. The Kier molecular flexibility index (Phi) is 5.11. The van der Waals surface area contributed by atoms with Gasteiger partial charge in [-0.05, 0) is 55.7 Å². The van der Waals surface area contributed by atoms with Gasteiger partial charge in [0, 0.05) is 17.5 Å². The molecule has 1 heteroatoms. The second-order valence-corrected chi connectivity index (χ2v) is 7.33. The van der Waals surface area contributed by atoms with E-state index < -0.39 is 0 Å². The van der Waals surface area contributed by atoms with Gasteiger partial charge in [0.15, 0.2) is 0 Å². The average molecular weight is 329 g/mol. The molecule has 0 heterocycles. The van der Waals surface area contributed by atoms with Gasteiger partial charge >= 0.3 is 0 Å². The molecule has 0 aliphatic heterocycles. The Morgan fingerprint density at radius 2 is 1.72 bits per heavy atom. The van der Waals surface area contributed by atoms with Gasteiger partial charge in [-0.3, -0.25) is 4.99 Å². The summed E-state index contributed by atoms with van der Waals surface area (Å²) in [6.07, 6.45) is 34.3. The van der Waals surface area contributed by atoms with E-state index in [0.717, 1.165) is 19.3 Å². The summed E-state index contributed by atoms with van der Waals surface area (Å²) >= 11 is 0. The van der Waals surface area contributed by atoms with Gasteiger partial charge in [0.05, 0.1) is 6.04 Å². The maximum absolute atomic E-state index is 4.98. The molecule has 0 aromatic carbocycles. The van der Waals surface area contributed by atoms with E-state index in [2.05, 4.69) is 72.9 Å². The molecule has 4 rings (SSSR count). The third-order valence-electron chi connectivity index (χ3n) is 5.53. The minimum atomic E-state index is 0.317. The number of allylic oxidation sites excluding steroid dienone is 12.